The van der Waals surface area contributed by atoms with E-state index in [9.17, 15) is 14.7 Å². The van der Waals surface area contributed by atoms with Crippen molar-refractivity contribution in [1.29, 1.82) is 0 Å². The van der Waals surface area contributed by atoms with E-state index in [0.717, 1.165) is 12.8 Å². The minimum Gasteiger partial charge on any atom is -0.392 e. The molecule has 0 radical (unpaired) electrons. The topological polar surface area (TPSA) is 102 Å². The highest BCUT2D eigenvalue weighted by Gasteiger charge is 2.32. The van der Waals surface area contributed by atoms with Crippen molar-refractivity contribution < 1.29 is 19.4 Å². The zero-order valence-electron chi connectivity index (χ0n) is 11.7. The van der Waals surface area contributed by atoms with E-state index in [1.807, 2.05) is 0 Å². The number of aliphatic hydroxyl groups excluding tert-OH is 1. The van der Waals surface area contributed by atoms with Crippen molar-refractivity contribution in [3.63, 3.8) is 0 Å². The van der Waals surface area contributed by atoms with Gasteiger partial charge in [-0.25, -0.2) is 9.59 Å². The van der Waals surface area contributed by atoms with E-state index in [1.54, 1.807) is 0 Å². The third-order valence-electron chi connectivity index (χ3n) is 4.21. The zero-order valence-corrected chi connectivity index (χ0v) is 11.7. The number of aliphatic hydroxyl groups is 1. The van der Waals surface area contributed by atoms with Gasteiger partial charge in [0.2, 0.25) is 0 Å². The largest absolute Gasteiger partial charge is 0.392 e. The monoisotopic (exact) mass is 284 g/mol. The van der Waals surface area contributed by atoms with Gasteiger partial charge in [0.05, 0.1) is 6.10 Å². The molecule has 1 heterocycles. The van der Waals surface area contributed by atoms with Gasteiger partial charge in [0.1, 0.15) is 12.1 Å². The smallest absolute Gasteiger partial charge is 0.330 e. The van der Waals surface area contributed by atoms with Crippen molar-refractivity contribution in [3.8, 4) is 0 Å². The van der Waals surface area contributed by atoms with Gasteiger partial charge in [-0.2, -0.15) is 0 Å². The molecule has 0 aromatic rings. The Morgan fingerprint density at radius 3 is 2.60 bits per heavy atom. The lowest BCUT2D eigenvalue weighted by molar-refractivity contribution is -0.162. The second-order valence-corrected chi connectivity index (χ2v) is 5.94. The summed E-state index contributed by atoms with van der Waals surface area (Å²) in [5.41, 5.74) is 5.83. The SMILES string of the molecule is N[C@@H](CC1CCCCC1)C(=O)OC(=O)[C@H]1C[C@@H](O)CN1. The Morgan fingerprint density at radius 2 is 2.00 bits per heavy atom. The van der Waals surface area contributed by atoms with Crippen molar-refractivity contribution in [1.82, 2.24) is 5.32 Å². The van der Waals surface area contributed by atoms with Crippen molar-refractivity contribution in [3.05, 3.63) is 0 Å². The molecule has 20 heavy (non-hydrogen) atoms. The average Bonchev–Trinajstić information content (AvgIpc) is 2.86. The lowest BCUT2D eigenvalue weighted by Crippen LogP contribution is -2.40. The molecule has 114 valence electrons. The van der Waals surface area contributed by atoms with Crippen LogP contribution in [0.2, 0.25) is 0 Å². The Morgan fingerprint density at radius 1 is 1.30 bits per heavy atom. The van der Waals surface area contributed by atoms with Crippen molar-refractivity contribution >= 4 is 11.9 Å². The first-order valence-electron chi connectivity index (χ1n) is 7.49. The molecule has 2 aliphatic rings. The predicted molar refractivity (Wildman–Crippen MR) is 72.7 cm³/mol. The molecule has 4 N–H and O–H groups in total. The maximum Gasteiger partial charge on any atom is 0.330 e. The van der Waals surface area contributed by atoms with Crippen LogP contribution in [-0.4, -0.2) is 41.8 Å². The average molecular weight is 284 g/mol. The first-order valence-corrected chi connectivity index (χ1v) is 7.49. The standard InChI is InChI=1S/C14H24N2O4/c15-11(6-9-4-2-1-3-5-9)13(18)20-14(19)12-7-10(17)8-16-12/h9-12,16-17H,1-8,15H2/t10-,11+,12-/m1/s1. The second kappa shape index (κ2) is 7.15. The number of β-amino-alcohol motifs (C(OH)–C–C–N with tert-alkyl or cyclic N) is 1. The highest BCUT2D eigenvalue weighted by molar-refractivity contribution is 5.90. The van der Waals surface area contributed by atoms with Crippen LogP contribution in [0, 0.1) is 5.92 Å². The highest BCUT2D eigenvalue weighted by Crippen LogP contribution is 2.27. The number of carbonyl (C=O) groups excluding carboxylic acids is 2. The molecule has 1 saturated heterocycles. The van der Waals surface area contributed by atoms with E-state index in [2.05, 4.69) is 5.32 Å². The fraction of sp³-hybridized carbons (Fsp3) is 0.857. The molecular formula is C14H24N2O4. The summed E-state index contributed by atoms with van der Waals surface area (Å²) in [7, 11) is 0. The summed E-state index contributed by atoms with van der Waals surface area (Å²) >= 11 is 0. The number of hydrogen-bond acceptors (Lipinski definition) is 6. The summed E-state index contributed by atoms with van der Waals surface area (Å²) in [5.74, 6) is -0.817. The van der Waals surface area contributed by atoms with E-state index in [1.165, 1.54) is 19.3 Å². The fourth-order valence-corrected chi connectivity index (χ4v) is 3.02. The second-order valence-electron chi connectivity index (χ2n) is 5.94. The van der Waals surface area contributed by atoms with Gasteiger partial charge in [0, 0.05) is 13.0 Å². The minimum absolute atomic E-state index is 0.282. The van der Waals surface area contributed by atoms with E-state index < -0.39 is 30.1 Å². The van der Waals surface area contributed by atoms with Gasteiger partial charge in [0.15, 0.2) is 0 Å². The molecule has 2 fully saturated rings. The van der Waals surface area contributed by atoms with Crippen LogP contribution in [0.4, 0.5) is 0 Å². The van der Waals surface area contributed by atoms with Crippen LogP contribution < -0.4 is 11.1 Å². The zero-order chi connectivity index (χ0) is 14.5. The van der Waals surface area contributed by atoms with Crippen molar-refractivity contribution in [2.24, 2.45) is 11.7 Å². The number of hydrogen-bond donors (Lipinski definition) is 3. The maximum absolute atomic E-state index is 11.8. The molecule has 3 atom stereocenters. The number of rotatable bonds is 4. The molecule has 0 aromatic carbocycles. The van der Waals surface area contributed by atoms with Gasteiger partial charge >= 0.3 is 11.9 Å². The van der Waals surface area contributed by atoms with Gasteiger partial charge in [-0.15, -0.1) is 0 Å². The number of ether oxygens (including phenoxy) is 1. The Bertz CT molecular complexity index is 355. The molecule has 6 heteroatoms. The molecule has 2 rings (SSSR count). The molecule has 0 bridgehead atoms. The van der Waals surface area contributed by atoms with Gasteiger partial charge in [-0.1, -0.05) is 32.1 Å². The highest BCUT2D eigenvalue weighted by atomic mass is 16.6. The van der Waals surface area contributed by atoms with Gasteiger partial charge in [0.25, 0.3) is 0 Å². The van der Waals surface area contributed by atoms with Gasteiger partial charge < -0.3 is 20.9 Å². The first kappa shape index (κ1) is 15.4. The van der Waals surface area contributed by atoms with Crippen LogP contribution in [0.1, 0.15) is 44.9 Å². The normalized spacial score (nSPS) is 29.1. The van der Waals surface area contributed by atoms with Crippen molar-refractivity contribution in [2.45, 2.75) is 63.1 Å². The quantitative estimate of drug-likeness (QED) is 0.499. The molecule has 1 aliphatic carbocycles. The molecule has 6 nitrogen and oxygen atoms in total. The Balaban J connectivity index is 1.74. The number of esters is 2. The predicted octanol–water partition coefficient (Wildman–Crippen LogP) is 0.0767. The first-order chi connectivity index (χ1) is 9.56. The van der Waals surface area contributed by atoms with Crippen LogP contribution in [0.3, 0.4) is 0 Å². The molecule has 0 spiro atoms. The molecule has 0 aromatic heterocycles. The molecule has 1 saturated carbocycles. The van der Waals surface area contributed by atoms with E-state index >= 15 is 0 Å². The summed E-state index contributed by atoms with van der Waals surface area (Å²) in [6.07, 6.45) is 6.15. The summed E-state index contributed by atoms with van der Waals surface area (Å²) in [4.78, 5) is 23.5. The minimum atomic E-state index is -0.728. The van der Waals surface area contributed by atoms with Gasteiger partial charge in [-0.3, -0.25) is 0 Å². The molecular weight excluding hydrogens is 260 g/mol. The fourth-order valence-electron chi connectivity index (χ4n) is 3.02. The van der Waals surface area contributed by atoms with E-state index in [0.29, 0.717) is 18.9 Å². The Labute approximate surface area is 119 Å². The summed E-state index contributed by atoms with van der Waals surface area (Å²) in [5, 5.41) is 12.1. The van der Waals surface area contributed by atoms with E-state index in [4.69, 9.17) is 10.5 Å². The number of nitrogens with two attached hydrogens (primary N) is 1. The third-order valence-corrected chi connectivity index (χ3v) is 4.21. The van der Waals surface area contributed by atoms with E-state index in [-0.39, 0.29) is 6.42 Å². The maximum atomic E-state index is 11.8. The number of carbonyl (C=O) groups is 2. The third kappa shape index (κ3) is 4.26. The van der Waals surface area contributed by atoms with Crippen LogP contribution >= 0.6 is 0 Å². The van der Waals surface area contributed by atoms with Crippen LogP contribution in [-0.2, 0) is 14.3 Å². The van der Waals surface area contributed by atoms with Crippen LogP contribution in [0.25, 0.3) is 0 Å². The molecule has 1 aliphatic heterocycles. The lowest BCUT2D eigenvalue weighted by Gasteiger charge is -2.23. The molecule has 0 unspecified atom stereocenters. The van der Waals surface area contributed by atoms with Crippen LogP contribution in [0.5, 0.6) is 0 Å². The summed E-state index contributed by atoms with van der Waals surface area (Å²) in [6, 6.07) is -1.33. The van der Waals surface area contributed by atoms with Crippen LogP contribution in [0.15, 0.2) is 0 Å². The Hall–Kier alpha value is -0.980. The molecule has 0 amide bonds. The summed E-state index contributed by atoms with van der Waals surface area (Å²) < 4.78 is 4.81. The number of nitrogens with one attached hydrogen (secondary N) is 1. The lowest BCUT2D eigenvalue weighted by atomic mass is 9.85. The Kier molecular flexibility index (Phi) is 5.51. The van der Waals surface area contributed by atoms with Gasteiger partial charge in [-0.05, 0) is 12.3 Å². The van der Waals surface area contributed by atoms with Crippen molar-refractivity contribution in [2.75, 3.05) is 6.54 Å². The summed E-state index contributed by atoms with van der Waals surface area (Å²) in [6.45, 7) is 0.349.